The lowest BCUT2D eigenvalue weighted by molar-refractivity contribution is -0.140. The normalized spacial score (nSPS) is 21.6. The monoisotopic (exact) mass is 419 g/mol. The predicted octanol–water partition coefficient (Wildman–Crippen LogP) is 2.58. The summed E-state index contributed by atoms with van der Waals surface area (Å²) in [6, 6.07) is 16.3. The molecule has 0 spiro atoms. The number of carbonyl (C=O) groups excluding carboxylic acids is 2. The fourth-order valence-electron chi connectivity index (χ4n) is 4.33. The lowest BCUT2D eigenvalue weighted by atomic mass is 9.94. The molecule has 0 radical (unpaired) electrons. The molecule has 2 saturated heterocycles. The van der Waals surface area contributed by atoms with Gasteiger partial charge in [0, 0.05) is 44.8 Å². The number of aryl methyl sites for hydroxylation is 1. The molecule has 31 heavy (non-hydrogen) atoms. The molecule has 2 aliphatic heterocycles. The van der Waals surface area contributed by atoms with E-state index in [4.69, 9.17) is 0 Å². The van der Waals surface area contributed by atoms with Crippen LogP contribution in [0.5, 0.6) is 0 Å². The van der Waals surface area contributed by atoms with E-state index in [2.05, 4.69) is 17.1 Å². The van der Waals surface area contributed by atoms with Gasteiger partial charge in [-0.2, -0.15) is 0 Å². The van der Waals surface area contributed by atoms with Crippen molar-refractivity contribution < 1.29 is 14.7 Å². The Hall–Kier alpha value is -2.96. The molecule has 2 aromatic carbocycles. The average molecular weight is 420 g/mol. The molecule has 0 aromatic heterocycles. The molecule has 0 bridgehead atoms. The van der Waals surface area contributed by atoms with E-state index in [9.17, 15) is 14.7 Å². The van der Waals surface area contributed by atoms with Crippen molar-refractivity contribution in [3.05, 3.63) is 76.9 Å². The Morgan fingerprint density at radius 2 is 1.68 bits per heavy atom. The molecule has 2 aromatic rings. The maximum Gasteiger partial charge on any atom is 0.295 e. The molecule has 2 aliphatic rings. The number of rotatable bonds is 6. The van der Waals surface area contributed by atoms with Crippen LogP contribution in [0.4, 0.5) is 0 Å². The van der Waals surface area contributed by atoms with Crippen molar-refractivity contribution in [3.63, 3.8) is 0 Å². The summed E-state index contributed by atoms with van der Waals surface area (Å²) in [5.41, 5.74) is 2.73. The second-order valence-electron chi connectivity index (χ2n) is 8.05. The highest BCUT2D eigenvalue weighted by Crippen LogP contribution is 2.39. The Bertz CT molecular complexity index is 963. The number of carbonyl (C=O) groups is 2. The van der Waals surface area contributed by atoms with Crippen LogP contribution in [0.1, 0.15) is 29.7 Å². The van der Waals surface area contributed by atoms with Crippen LogP contribution in [0, 0.1) is 0 Å². The first kappa shape index (κ1) is 21.3. The summed E-state index contributed by atoms with van der Waals surface area (Å²) >= 11 is 0. The van der Waals surface area contributed by atoms with Crippen molar-refractivity contribution in [2.24, 2.45) is 0 Å². The first-order valence-corrected chi connectivity index (χ1v) is 11.0. The molecule has 1 atom stereocenters. The molecule has 6 heteroatoms. The van der Waals surface area contributed by atoms with Crippen LogP contribution in [-0.4, -0.2) is 65.9 Å². The molecule has 4 rings (SSSR count). The summed E-state index contributed by atoms with van der Waals surface area (Å²) in [7, 11) is 0. The lowest BCUT2D eigenvalue weighted by Crippen LogP contribution is -2.46. The van der Waals surface area contributed by atoms with Crippen molar-refractivity contribution in [2.45, 2.75) is 19.4 Å². The number of piperazine rings is 1. The molecule has 1 unspecified atom stereocenters. The predicted molar refractivity (Wildman–Crippen MR) is 121 cm³/mol. The second kappa shape index (κ2) is 9.45. The van der Waals surface area contributed by atoms with Crippen LogP contribution in [0.15, 0.2) is 60.2 Å². The number of Topliss-reactive ketones (excluding diaryl/α,β-unsaturated/α-hetero) is 1. The van der Waals surface area contributed by atoms with Crippen LogP contribution in [0.25, 0.3) is 5.76 Å². The number of benzene rings is 2. The quantitative estimate of drug-likeness (QED) is 0.428. The van der Waals surface area contributed by atoms with Crippen molar-refractivity contribution in [1.82, 2.24) is 15.1 Å². The van der Waals surface area contributed by atoms with Gasteiger partial charge in [-0.3, -0.25) is 14.5 Å². The first-order valence-electron chi connectivity index (χ1n) is 11.0. The van der Waals surface area contributed by atoms with E-state index in [1.54, 1.807) is 29.2 Å². The molecule has 6 nitrogen and oxygen atoms in total. The molecule has 0 saturated carbocycles. The SMILES string of the molecule is CCc1ccc(C2/C(=C(\O)c3ccccc3)C(=O)C(=O)N2CCN2CCNCC2)cc1. The third kappa shape index (κ3) is 4.40. The van der Waals surface area contributed by atoms with Gasteiger partial charge in [0.1, 0.15) is 5.76 Å². The van der Waals surface area contributed by atoms with E-state index >= 15 is 0 Å². The summed E-state index contributed by atoms with van der Waals surface area (Å²) in [5.74, 6) is -1.28. The van der Waals surface area contributed by atoms with Gasteiger partial charge in [-0.25, -0.2) is 0 Å². The maximum atomic E-state index is 13.1. The van der Waals surface area contributed by atoms with Crippen LogP contribution < -0.4 is 5.32 Å². The molecule has 1 amide bonds. The highest BCUT2D eigenvalue weighted by Gasteiger charge is 2.45. The smallest absolute Gasteiger partial charge is 0.295 e. The number of amides is 1. The summed E-state index contributed by atoms with van der Waals surface area (Å²) in [5, 5.41) is 14.4. The van der Waals surface area contributed by atoms with Gasteiger partial charge in [0.2, 0.25) is 0 Å². The van der Waals surface area contributed by atoms with Crippen molar-refractivity contribution in [1.29, 1.82) is 0 Å². The van der Waals surface area contributed by atoms with E-state index in [1.807, 2.05) is 30.3 Å². The van der Waals surface area contributed by atoms with Gasteiger partial charge in [0.05, 0.1) is 11.6 Å². The van der Waals surface area contributed by atoms with E-state index in [0.29, 0.717) is 18.7 Å². The number of aliphatic hydroxyl groups is 1. The molecular weight excluding hydrogens is 390 g/mol. The van der Waals surface area contributed by atoms with Crippen molar-refractivity contribution in [3.8, 4) is 0 Å². The Kier molecular flexibility index (Phi) is 6.49. The van der Waals surface area contributed by atoms with Crippen LogP contribution in [-0.2, 0) is 16.0 Å². The molecule has 0 aliphatic carbocycles. The molecule has 2 N–H and O–H groups in total. The second-order valence-corrected chi connectivity index (χ2v) is 8.05. The fraction of sp³-hybridized carbons (Fsp3) is 0.360. The molecule has 2 fully saturated rings. The van der Waals surface area contributed by atoms with E-state index in [-0.39, 0.29) is 11.3 Å². The van der Waals surface area contributed by atoms with Gasteiger partial charge in [-0.1, -0.05) is 61.5 Å². The minimum Gasteiger partial charge on any atom is -0.507 e. The van der Waals surface area contributed by atoms with E-state index < -0.39 is 17.7 Å². The van der Waals surface area contributed by atoms with Crippen LogP contribution in [0.2, 0.25) is 0 Å². The highest BCUT2D eigenvalue weighted by atomic mass is 16.3. The molecular formula is C25H29N3O3. The Morgan fingerprint density at radius 3 is 2.32 bits per heavy atom. The molecule has 162 valence electrons. The fourth-order valence-corrected chi connectivity index (χ4v) is 4.33. The Morgan fingerprint density at radius 1 is 1.00 bits per heavy atom. The summed E-state index contributed by atoms with van der Waals surface area (Å²) < 4.78 is 0. The summed E-state index contributed by atoms with van der Waals surface area (Å²) in [4.78, 5) is 30.0. The number of nitrogens with one attached hydrogen (secondary N) is 1. The summed E-state index contributed by atoms with van der Waals surface area (Å²) in [6.45, 7) is 6.92. The Labute approximate surface area is 183 Å². The Balaban J connectivity index is 1.72. The standard InChI is InChI=1S/C25H29N3O3/c1-2-18-8-10-19(11-9-18)22-21(23(29)20-6-4-3-5-7-20)24(30)25(31)28(22)17-16-27-14-12-26-13-15-27/h3-11,22,26,29H,2,12-17H2,1H3/b23-21+. The average Bonchev–Trinajstić information content (AvgIpc) is 3.08. The first-order chi connectivity index (χ1) is 15.1. The zero-order chi connectivity index (χ0) is 21.8. The van der Waals surface area contributed by atoms with Crippen LogP contribution in [0.3, 0.4) is 0 Å². The zero-order valence-corrected chi connectivity index (χ0v) is 17.9. The molecule has 2 heterocycles. The van der Waals surface area contributed by atoms with Gasteiger partial charge in [0.15, 0.2) is 0 Å². The van der Waals surface area contributed by atoms with Crippen molar-refractivity contribution >= 4 is 17.4 Å². The maximum absolute atomic E-state index is 13.1. The van der Waals surface area contributed by atoms with Gasteiger partial charge in [0.25, 0.3) is 11.7 Å². The number of hydrogen-bond donors (Lipinski definition) is 2. The van der Waals surface area contributed by atoms with Gasteiger partial charge in [-0.15, -0.1) is 0 Å². The summed E-state index contributed by atoms with van der Waals surface area (Å²) in [6.07, 6.45) is 0.910. The number of aliphatic hydroxyl groups excluding tert-OH is 1. The van der Waals surface area contributed by atoms with Gasteiger partial charge >= 0.3 is 0 Å². The van der Waals surface area contributed by atoms with Crippen molar-refractivity contribution in [2.75, 3.05) is 39.3 Å². The number of nitrogens with zero attached hydrogens (tertiary/aromatic N) is 2. The zero-order valence-electron chi connectivity index (χ0n) is 17.9. The lowest BCUT2D eigenvalue weighted by Gasteiger charge is -2.31. The highest BCUT2D eigenvalue weighted by molar-refractivity contribution is 6.46. The van der Waals surface area contributed by atoms with Gasteiger partial charge < -0.3 is 15.3 Å². The van der Waals surface area contributed by atoms with Crippen LogP contribution >= 0.6 is 0 Å². The van der Waals surface area contributed by atoms with E-state index in [1.165, 1.54) is 5.56 Å². The minimum atomic E-state index is -0.619. The number of likely N-dealkylation sites (tertiary alicyclic amines) is 1. The third-order valence-electron chi connectivity index (χ3n) is 6.16. The largest absolute Gasteiger partial charge is 0.507 e. The topological polar surface area (TPSA) is 72.9 Å². The van der Waals surface area contributed by atoms with E-state index in [0.717, 1.165) is 38.2 Å². The third-order valence-corrected chi connectivity index (χ3v) is 6.16. The minimum absolute atomic E-state index is 0.117. The van der Waals surface area contributed by atoms with Gasteiger partial charge in [-0.05, 0) is 17.5 Å². The number of ketones is 1. The number of hydrogen-bond acceptors (Lipinski definition) is 5.